The van der Waals surface area contributed by atoms with Gasteiger partial charge in [0.15, 0.2) is 0 Å². The molecule has 0 unspecified atom stereocenters. The van der Waals surface area contributed by atoms with Crippen molar-refractivity contribution in [2.45, 2.75) is 76.9 Å². The number of carbonyl (C=O) groups is 2. The predicted octanol–water partition coefficient (Wildman–Crippen LogP) is 5.73. The van der Waals surface area contributed by atoms with Crippen LogP contribution in [-0.4, -0.2) is 50.8 Å². The molecule has 4 atom stereocenters. The largest absolute Gasteiger partial charge is 0.508 e. The Kier molecular flexibility index (Phi) is 8.87. The summed E-state index contributed by atoms with van der Waals surface area (Å²) in [6.07, 6.45) is 8.23. The minimum absolute atomic E-state index is 0.0341. The van der Waals surface area contributed by atoms with Crippen molar-refractivity contribution >= 4 is 23.5 Å². The van der Waals surface area contributed by atoms with Crippen LogP contribution in [0.4, 0.5) is 0 Å². The van der Waals surface area contributed by atoms with Crippen molar-refractivity contribution in [1.29, 1.82) is 0 Å². The Bertz CT molecular complexity index is 1280. The van der Waals surface area contributed by atoms with Crippen molar-refractivity contribution in [2.75, 3.05) is 6.61 Å². The predicted molar refractivity (Wildman–Crippen MR) is 156 cm³/mol. The van der Waals surface area contributed by atoms with Crippen LogP contribution >= 0.6 is 0 Å². The number of amides is 2. The molecule has 5 rings (SSSR count). The van der Waals surface area contributed by atoms with Gasteiger partial charge in [-0.05, 0) is 72.9 Å². The Labute approximate surface area is 237 Å². The van der Waals surface area contributed by atoms with E-state index in [2.05, 4.69) is 0 Å². The third kappa shape index (κ3) is 5.65. The standard InChI is InChI=1S/C34H41NO5/c1-2-23-20-28-32(34(40)35(33(28)39)26-13-7-4-8-14-26)29(21-36)31(23)30(38)17-16-25(24-11-5-3-6-12-24)18-22-10-9-15-27(37)19-22/h3,5-6,9-12,15,18-19,26,28-30,32,36-38H,2,4,7-8,13-14,16-17,20-21H2,1H3/b25-18-/t28-,29+,30-,32-/m1/s1. The van der Waals surface area contributed by atoms with Crippen LogP contribution in [0.25, 0.3) is 11.6 Å². The van der Waals surface area contributed by atoms with E-state index in [1.54, 1.807) is 18.2 Å². The maximum atomic E-state index is 13.7. The number of aliphatic hydroxyl groups is 2. The molecule has 1 aliphatic heterocycles. The number of hydrogen-bond acceptors (Lipinski definition) is 5. The van der Waals surface area contributed by atoms with Crippen LogP contribution in [0.3, 0.4) is 0 Å². The molecule has 6 nitrogen and oxygen atoms in total. The van der Waals surface area contributed by atoms with Crippen molar-refractivity contribution in [3.05, 3.63) is 76.9 Å². The van der Waals surface area contributed by atoms with E-state index in [0.717, 1.165) is 60.0 Å². The maximum Gasteiger partial charge on any atom is 0.234 e. The van der Waals surface area contributed by atoms with Gasteiger partial charge in [0.25, 0.3) is 0 Å². The van der Waals surface area contributed by atoms with Gasteiger partial charge in [0.05, 0.1) is 24.5 Å². The van der Waals surface area contributed by atoms with Gasteiger partial charge in [-0.2, -0.15) is 0 Å². The number of hydrogen-bond donors (Lipinski definition) is 3. The molecule has 40 heavy (non-hydrogen) atoms. The number of likely N-dealkylation sites (tertiary alicyclic amines) is 1. The van der Waals surface area contributed by atoms with Crippen LogP contribution < -0.4 is 0 Å². The van der Waals surface area contributed by atoms with Gasteiger partial charge in [0, 0.05) is 12.0 Å². The van der Waals surface area contributed by atoms with Crippen molar-refractivity contribution in [3.8, 4) is 5.75 Å². The van der Waals surface area contributed by atoms with E-state index >= 15 is 0 Å². The van der Waals surface area contributed by atoms with Gasteiger partial charge in [-0.1, -0.05) is 80.3 Å². The van der Waals surface area contributed by atoms with Gasteiger partial charge < -0.3 is 15.3 Å². The molecule has 1 saturated carbocycles. The number of carbonyl (C=O) groups excluding carboxylic acids is 2. The molecule has 1 saturated heterocycles. The second kappa shape index (κ2) is 12.5. The Hall–Kier alpha value is -3.22. The van der Waals surface area contributed by atoms with Gasteiger partial charge in [-0.25, -0.2) is 0 Å². The lowest BCUT2D eigenvalue weighted by Crippen LogP contribution is -2.42. The fourth-order valence-electron chi connectivity index (χ4n) is 7.24. The first kappa shape index (κ1) is 28.3. The van der Waals surface area contributed by atoms with Crippen LogP contribution in [0, 0.1) is 17.8 Å². The van der Waals surface area contributed by atoms with E-state index in [1.807, 2.05) is 49.4 Å². The number of allylic oxidation sites excluding steroid dienone is 2. The van der Waals surface area contributed by atoms with Crippen molar-refractivity contribution in [2.24, 2.45) is 17.8 Å². The van der Waals surface area contributed by atoms with E-state index in [0.29, 0.717) is 25.7 Å². The molecule has 0 aromatic heterocycles. The normalized spacial score (nSPS) is 24.9. The zero-order chi connectivity index (χ0) is 28.2. The monoisotopic (exact) mass is 543 g/mol. The summed E-state index contributed by atoms with van der Waals surface area (Å²) in [7, 11) is 0. The lowest BCUT2D eigenvalue weighted by molar-refractivity contribution is -0.143. The van der Waals surface area contributed by atoms with Crippen molar-refractivity contribution < 1.29 is 24.9 Å². The average molecular weight is 544 g/mol. The highest BCUT2D eigenvalue weighted by Gasteiger charge is 2.56. The molecule has 3 N–H and O–H groups in total. The first-order valence-corrected chi connectivity index (χ1v) is 14.9. The molecule has 0 bridgehead atoms. The highest BCUT2D eigenvalue weighted by molar-refractivity contribution is 6.06. The minimum atomic E-state index is -0.837. The Morgan fingerprint density at radius 2 is 1.77 bits per heavy atom. The maximum absolute atomic E-state index is 13.7. The number of nitrogens with zero attached hydrogens (tertiary/aromatic N) is 1. The fourth-order valence-corrected chi connectivity index (χ4v) is 7.24. The molecule has 2 aromatic rings. The Morgan fingerprint density at radius 3 is 2.45 bits per heavy atom. The molecule has 2 aliphatic carbocycles. The van der Waals surface area contributed by atoms with Crippen molar-refractivity contribution in [3.63, 3.8) is 0 Å². The highest BCUT2D eigenvalue weighted by atomic mass is 16.3. The van der Waals surface area contributed by atoms with E-state index in [1.165, 1.54) is 4.90 Å². The number of rotatable bonds is 9. The molecule has 2 aromatic carbocycles. The second-order valence-electron chi connectivity index (χ2n) is 11.6. The fraction of sp³-hybridized carbons (Fsp3) is 0.471. The van der Waals surface area contributed by atoms with Crippen molar-refractivity contribution in [1.82, 2.24) is 4.90 Å². The summed E-state index contributed by atoms with van der Waals surface area (Å²) in [5.74, 6) is -1.64. The molecular formula is C34H41NO5. The third-order valence-electron chi connectivity index (χ3n) is 9.18. The topological polar surface area (TPSA) is 98.1 Å². The number of phenolic OH excluding ortho intramolecular Hbond substituents is 1. The molecule has 2 amide bonds. The molecule has 0 spiro atoms. The van der Waals surface area contributed by atoms with Gasteiger partial charge in [0.1, 0.15) is 5.75 Å². The lowest BCUT2D eigenvalue weighted by atomic mass is 9.67. The molecule has 6 heteroatoms. The van der Waals surface area contributed by atoms with Gasteiger partial charge in [-0.3, -0.25) is 14.5 Å². The summed E-state index contributed by atoms with van der Waals surface area (Å²) >= 11 is 0. The van der Waals surface area contributed by atoms with Crippen LogP contribution in [0.1, 0.15) is 75.8 Å². The Morgan fingerprint density at radius 1 is 1.02 bits per heavy atom. The van der Waals surface area contributed by atoms with Gasteiger partial charge in [0.2, 0.25) is 11.8 Å². The third-order valence-corrected chi connectivity index (χ3v) is 9.18. The SMILES string of the molecule is CCC1=C([C@H](O)CC/C(=C/c2cccc(O)c2)c2ccccc2)[C@H](CO)[C@@H]2C(=O)N(C3CCCCC3)C(=O)[C@@H]2C1. The van der Waals surface area contributed by atoms with E-state index in [-0.39, 0.29) is 30.2 Å². The summed E-state index contributed by atoms with van der Waals surface area (Å²) in [6.45, 7) is 1.76. The number of benzene rings is 2. The van der Waals surface area contributed by atoms with Crippen LogP contribution in [-0.2, 0) is 9.59 Å². The summed E-state index contributed by atoms with van der Waals surface area (Å²) in [6, 6.07) is 17.0. The highest BCUT2D eigenvalue weighted by Crippen LogP contribution is 2.48. The van der Waals surface area contributed by atoms with E-state index in [9.17, 15) is 24.9 Å². The number of phenols is 1. The zero-order valence-corrected chi connectivity index (χ0v) is 23.3. The average Bonchev–Trinajstić information content (AvgIpc) is 3.23. The zero-order valence-electron chi connectivity index (χ0n) is 23.3. The van der Waals surface area contributed by atoms with E-state index < -0.39 is 23.9 Å². The molecular weight excluding hydrogens is 502 g/mol. The summed E-state index contributed by atoms with van der Waals surface area (Å²) in [5.41, 5.74) is 4.67. The quantitative estimate of drug-likeness (QED) is 0.213. The van der Waals surface area contributed by atoms with Gasteiger partial charge >= 0.3 is 0 Å². The first-order valence-electron chi connectivity index (χ1n) is 14.9. The molecule has 212 valence electrons. The Balaban J connectivity index is 1.40. The molecule has 2 fully saturated rings. The summed E-state index contributed by atoms with van der Waals surface area (Å²) in [5, 5.41) is 32.2. The summed E-state index contributed by atoms with van der Waals surface area (Å²) < 4.78 is 0. The number of aromatic hydroxyl groups is 1. The summed E-state index contributed by atoms with van der Waals surface area (Å²) in [4.78, 5) is 28.8. The number of imide groups is 1. The first-order chi connectivity index (χ1) is 19.4. The van der Waals surface area contributed by atoms with Gasteiger partial charge in [-0.15, -0.1) is 0 Å². The smallest absolute Gasteiger partial charge is 0.234 e. The molecule has 0 radical (unpaired) electrons. The van der Waals surface area contributed by atoms with Crippen LogP contribution in [0.2, 0.25) is 0 Å². The lowest BCUT2D eigenvalue weighted by Gasteiger charge is -2.36. The second-order valence-corrected chi connectivity index (χ2v) is 11.6. The molecule has 3 aliphatic rings. The van der Waals surface area contributed by atoms with Crippen LogP contribution in [0.5, 0.6) is 5.75 Å². The minimum Gasteiger partial charge on any atom is -0.508 e. The number of aliphatic hydroxyl groups excluding tert-OH is 2. The van der Waals surface area contributed by atoms with Crippen LogP contribution in [0.15, 0.2) is 65.7 Å². The molecule has 1 heterocycles. The number of fused-ring (bicyclic) bond motifs is 1. The van der Waals surface area contributed by atoms with E-state index in [4.69, 9.17) is 0 Å².